The third kappa shape index (κ3) is 5.46. The number of hydrogen-bond donors (Lipinski definition) is 2. The number of nitrogens with zero attached hydrogens (tertiary/aromatic N) is 2. The third-order valence-corrected chi connectivity index (χ3v) is 6.16. The lowest BCUT2D eigenvalue weighted by molar-refractivity contribution is -0.192. The van der Waals surface area contributed by atoms with Gasteiger partial charge in [0.15, 0.2) is 0 Å². The van der Waals surface area contributed by atoms with Gasteiger partial charge in [0.25, 0.3) is 5.91 Å². The van der Waals surface area contributed by atoms with Gasteiger partial charge in [-0.05, 0) is 24.6 Å². The predicted molar refractivity (Wildman–Crippen MR) is 119 cm³/mol. The van der Waals surface area contributed by atoms with Crippen LogP contribution in [0.4, 0.5) is 13.2 Å². The predicted octanol–water partition coefficient (Wildman–Crippen LogP) is 3.64. The van der Waals surface area contributed by atoms with Crippen LogP contribution in [0.25, 0.3) is 10.9 Å². The number of aromatic amines is 1. The number of amides is 1. The summed E-state index contributed by atoms with van der Waals surface area (Å²) in [5, 5.41) is 8.09. The molecule has 0 aliphatic carbocycles. The molecule has 1 atom stereocenters. The van der Waals surface area contributed by atoms with Crippen molar-refractivity contribution < 1.29 is 37.3 Å². The molecule has 2 aliphatic heterocycles. The summed E-state index contributed by atoms with van der Waals surface area (Å²) >= 11 is 0. The van der Waals surface area contributed by atoms with E-state index in [0.717, 1.165) is 35.2 Å². The lowest BCUT2D eigenvalue weighted by Gasteiger charge is -2.50. The van der Waals surface area contributed by atoms with Crippen molar-refractivity contribution in [2.24, 2.45) is 5.92 Å². The Bertz CT molecular complexity index is 1180. The number of para-hydroxylation sites is 1. The molecule has 1 unspecified atom stereocenters. The minimum atomic E-state index is -5.08. The number of carbonyl (C=O) groups is 2. The number of aliphatic carboxylic acids is 1. The first-order valence-corrected chi connectivity index (χ1v) is 11.0. The maximum absolute atomic E-state index is 13.0. The average Bonchev–Trinajstić information content (AvgIpc) is 3.43. The van der Waals surface area contributed by atoms with Gasteiger partial charge in [0, 0.05) is 35.8 Å². The largest absolute Gasteiger partial charge is 0.490 e. The topological polar surface area (TPSA) is 105 Å². The van der Waals surface area contributed by atoms with Crippen LogP contribution in [0.1, 0.15) is 22.5 Å². The normalized spacial score (nSPS) is 18.7. The van der Waals surface area contributed by atoms with Crippen molar-refractivity contribution in [2.45, 2.75) is 24.8 Å². The number of H-pyrrole nitrogens is 1. The van der Waals surface area contributed by atoms with Crippen LogP contribution in [0.2, 0.25) is 0 Å². The number of benzene rings is 1. The SMILES string of the molecule is O=C(O)C(F)(F)F.O=C(c1c[nH]c2ccccc12)N1CC2(C1)OCCC2COCc1ccccn1. The Hall–Kier alpha value is -3.44. The summed E-state index contributed by atoms with van der Waals surface area (Å²) in [5.74, 6) is -2.39. The molecule has 2 saturated heterocycles. The molecule has 11 heteroatoms. The van der Waals surface area contributed by atoms with E-state index in [1.807, 2.05) is 47.4 Å². The van der Waals surface area contributed by atoms with Crippen molar-refractivity contribution >= 4 is 22.8 Å². The Morgan fingerprint density at radius 2 is 1.91 bits per heavy atom. The maximum Gasteiger partial charge on any atom is 0.490 e. The van der Waals surface area contributed by atoms with Gasteiger partial charge in [0.2, 0.25) is 0 Å². The highest BCUT2D eigenvalue weighted by Crippen LogP contribution is 2.41. The summed E-state index contributed by atoms with van der Waals surface area (Å²) in [6.45, 7) is 3.12. The lowest BCUT2D eigenvalue weighted by atomic mass is 9.81. The number of rotatable bonds is 5. The molecule has 35 heavy (non-hydrogen) atoms. The molecule has 2 aliphatic rings. The number of alkyl halides is 3. The zero-order valence-corrected chi connectivity index (χ0v) is 18.6. The van der Waals surface area contributed by atoms with Gasteiger partial charge >= 0.3 is 12.1 Å². The molecular formula is C24H24F3N3O5. The molecule has 2 N–H and O–H groups in total. The third-order valence-electron chi connectivity index (χ3n) is 6.16. The molecule has 0 bridgehead atoms. The highest BCUT2D eigenvalue weighted by Gasteiger charge is 2.54. The smallest absolute Gasteiger partial charge is 0.475 e. The number of fused-ring (bicyclic) bond motifs is 1. The fraction of sp³-hybridized carbons (Fsp3) is 0.375. The Morgan fingerprint density at radius 1 is 1.20 bits per heavy atom. The van der Waals surface area contributed by atoms with E-state index >= 15 is 0 Å². The maximum atomic E-state index is 13.0. The quantitative estimate of drug-likeness (QED) is 0.565. The van der Waals surface area contributed by atoms with E-state index in [9.17, 15) is 18.0 Å². The van der Waals surface area contributed by atoms with E-state index in [-0.39, 0.29) is 11.5 Å². The van der Waals surface area contributed by atoms with Crippen LogP contribution in [0.3, 0.4) is 0 Å². The molecule has 4 heterocycles. The summed E-state index contributed by atoms with van der Waals surface area (Å²) in [4.78, 5) is 31.2. The summed E-state index contributed by atoms with van der Waals surface area (Å²) in [6, 6.07) is 13.7. The molecule has 1 aromatic carbocycles. The number of aromatic nitrogens is 2. The second-order valence-electron chi connectivity index (χ2n) is 8.45. The highest BCUT2D eigenvalue weighted by atomic mass is 19.4. The van der Waals surface area contributed by atoms with Crippen molar-refractivity contribution in [3.8, 4) is 0 Å². The minimum Gasteiger partial charge on any atom is -0.475 e. The van der Waals surface area contributed by atoms with Crippen molar-refractivity contribution in [1.82, 2.24) is 14.9 Å². The number of ether oxygens (including phenoxy) is 2. The first-order valence-electron chi connectivity index (χ1n) is 11.0. The van der Waals surface area contributed by atoms with E-state index in [2.05, 4.69) is 9.97 Å². The summed E-state index contributed by atoms with van der Waals surface area (Å²) in [7, 11) is 0. The van der Waals surface area contributed by atoms with E-state index in [0.29, 0.717) is 32.2 Å². The molecule has 0 saturated carbocycles. The molecule has 8 nitrogen and oxygen atoms in total. The van der Waals surface area contributed by atoms with Crippen LogP contribution >= 0.6 is 0 Å². The Kier molecular flexibility index (Phi) is 7.08. The fourth-order valence-corrected chi connectivity index (χ4v) is 4.32. The summed E-state index contributed by atoms with van der Waals surface area (Å²) in [5.41, 5.74) is 2.39. The Balaban J connectivity index is 0.000000364. The van der Waals surface area contributed by atoms with E-state index in [1.54, 1.807) is 12.4 Å². The van der Waals surface area contributed by atoms with Crippen molar-refractivity contribution in [1.29, 1.82) is 0 Å². The highest BCUT2D eigenvalue weighted by molar-refractivity contribution is 6.07. The van der Waals surface area contributed by atoms with Crippen molar-refractivity contribution in [3.05, 3.63) is 66.1 Å². The van der Waals surface area contributed by atoms with Gasteiger partial charge in [-0.1, -0.05) is 24.3 Å². The van der Waals surface area contributed by atoms with Crippen LogP contribution in [0.15, 0.2) is 54.9 Å². The van der Waals surface area contributed by atoms with Crippen LogP contribution in [-0.4, -0.2) is 69.9 Å². The second kappa shape index (κ2) is 10.0. The van der Waals surface area contributed by atoms with Gasteiger partial charge in [-0.3, -0.25) is 9.78 Å². The molecule has 1 spiro atoms. The zero-order valence-electron chi connectivity index (χ0n) is 18.6. The molecule has 0 radical (unpaired) electrons. The lowest BCUT2D eigenvalue weighted by Crippen LogP contribution is -2.66. The number of nitrogens with one attached hydrogen (secondary N) is 1. The second-order valence-corrected chi connectivity index (χ2v) is 8.45. The molecular weight excluding hydrogens is 467 g/mol. The van der Waals surface area contributed by atoms with Gasteiger partial charge in [0.1, 0.15) is 5.60 Å². The molecule has 3 aromatic rings. The van der Waals surface area contributed by atoms with E-state index < -0.39 is 12.1 Å². The van der Waals surface area contributed by atoms with Gasteiger partial charge in [0.05, 0.1) is 37.6 Å². The van der Waals surface area contributed by atoms with Crippen LogP contribution in [0, 0.1) is 5.92 Å². The molecule has 186 valence electrons. The van der Waals surface area contributed by atoms with E-state index in [1.165, 1.54) is 0 Å². The Labute approximate surface area is 198 Å². The number of carboxylic acids is 1. The van der Waals surface area contributed by atoms with Crippen molar-refractivity contribution in [3.63, 3.8) is 0 Å². The standard InChI is InChI=1S/C22H23N3O3.C2HF3O2/c26-21(19-11-24-20-7-2-1-6-18(19)20)25-14-22(15-25)16(8-10-28-22)12-27-13-17-5-3-4-9-23-17;3-2(4,5)1(6)7/h1-7,9,11,16,24H,8,10,12-15H2;(H,6,7). The van der Waals surface area contributed by atoms with Crippen LogP contribution in [-0.2, 0) is 20.9 Å². The van der Waals surface area contributed by atoms with Gasteiger partial charge in [-0.25, -0.2) is 4.79 Å². The van der Waals surface area contributed by atoms with Gasteiger partial charge in [-0.15, -0.1) is 0 Å². The van der Waals surface area contributed by atoms with Gasteiger partial charge < -0.3 is 24.5 Å². The summed E-state index contributed by atoms with van der Waals surface area (Å²) in [6.07, 6.45) is -0.530. The summed E-state index contributed by atoms with van der Waals surface area (Å²) < 4.78 is 43.7. The number of hydrogen-bond acceptors (Lipinski definition) is 5. The Morgan fingerprint density at radius 3 is 2.60 bits per heavy atom. The minimum absolute atomic E-state index is 0.0618. The number of carboxylic acid groups (broad SMARTS) is 1. The fourth-order valence-electron chi connectivity index (χ4n) is 4.32. The van der Waals surface area contributed by atoms with Crippen LogP contribution < -0.4 is 0 Å². The number of carbonyl (C=O) groups excluding carboxylic acids is 1. The van der Waals surface area contributed by atoms with Gasteiger partial charge in [-0.2, -0.15) is 13.2 Å². The van der Waals surface area contributed by atoms with E-state index in [4.69, 9.17) is 19.4 Å². The zero-order chi connectivity index (χ0) is 25.1. The molecule has 2 fully saturated rings. The first-order chi connectivity index (χ1) is 16.7. The average molecular weight is 491 g/mol. The van der Waals surface area contributed by atoms with Crippen LogP contribution in [0.5, 0.6) is 0 Å². The molecule has 1 amide bonds. The number of likely N-dealkylation sites (tertiary alicyclic amines) is 1. The molecule has 2 aromatic heterocycles. The number of halogens is 3. The van der Waals surface area contributed by atoms with Crippen molar-refractivity contribution in [2.75, 3.05) is 26.3 Å². The number of pyridine rings is 1. The first kappa shape index (κ1) is 24.7. The monoisotopic (exact) mass is 491 g/mol. The molecule has 5 rings (SSSR count).